The molecule has 1 aromatic carbocycles. The lowest BCUT2D eigenvalue weighted by Gasteiger charge is -2.23. The Morgan fingerprint density at radius 2 is 2.00 bits per heavy atom. The van der Waals surface area contributed by atoms with Crippen LogP contribution < -0.4 is 14.8 Å². The topological polar surface area (TPSA) is 145 Å². The Labute approximate surface area is 199 Å². The van der Waals surface area contributed by atoms with Gasteiger partial charge in [0.25, 0.3) is 11.6 Å². The highest BCUT2D eigenvalue weighted by Crippen LogP contribution is 2.37. The first-order chi connectivity index (χ1) is 15.7. The van der Waals surface area contributed by atoms with E-state index >= 15 is 0 Å². The van der Waals surface area contributed by atoms with E-state index < -0.39 is 20.5 Å². The zero-order valence-electron chi connectivity index (χ0n) is 20.2. The molecule has 0 spiro atoms. The number of nitro benzene ring substituents is 1. The van der Waals surface area contributed by atoms with Crippen LogP contribution in [0.5, 0.6) is 11.6 Å². The quantitative estimate of drug-likeness (QED) is 0.401. The van der Waals surface area contributed by atoms with E-state index in [2.05, 4.69) is 15.1 Å². The molecule has 1 aromatic heterocycles. The average Bonchev–Trinajstić information content (AvgIpc) is 3.48. The number of aromatic nitrogens is 2. The Kier molecular flexibility index (Phi) is 7.04. The highest BCUT2D eigenvalue weighted by atomic mass is 32.2. The first-order valence-electron chi connectivity index (χ1n) is 11.1. The molecule has 0 bridgehead atoms. The molecular weight excluding hydrogens is 462 g/mol. The van der Waals surface area contributed by atoms with Crippen LogP contribution in [0, 0.1) is 17.0 Å². The molecule has 0 aliphatic heterocycles. The second-order valence-corrected chi connectivity index (χ2v) is 11.2. The van der Waals surface area contributed by atoms with E-state index in [4.69, 9.17) is 4.74 Å². The molecular formula is C22H31N5O6S. The van der Waals surface area contributed by atoms with Gasteiger partial charge >= 0.3 is 0 Å². The van der Waals surface area contributed by atoms with Crippen LogP contribution in [0.4, 0.5) is 5.69 Å². The molecule has 11 nitrogen and oxygen atoms in total. The summed E-state index contributed by atoms with van der Waals surface area (Å²) in [6.07, 6.45) is 2.15. The van der Waals surface area contributed by atoms with Crippen molar-refractivity contribution in [2.24, 2.45) is 0 Å². The molecule has 2 aromatic rings. The van der Waals surface area contributed by atoms with Gasteiger partial charge in [-0.2, -0.15) is 5.10 Å². The van der Waals surface area contributed by atoms with E-state index in [9.17, 15) is 23.3 Å². The molecule has 1 aliphatic rings. The first kappa shape index (κ1) is 25.6. The predicted molar refractivity (Wildman–Crippen MR) is 126 cm³/mol. The van der Waals surface area contributed by atoms with Gasteiger partial charge in [-0.1, -0.05) is 6.92 Å². The monoisotopic (exact) mass is 493 g/mol. The number of carbonyl (C=O) groups excluding carboxylic acids is 1. The molecule has 1 aliphatic carbocycles. The summed E-state index contributed by atoms with van der Waals surface area (Å²) in [5, 5.41) is 18.6. The molecule has 1 saturated carbocycles. The minimum atomic E-state index is -4.08. The molecule has 12 heteroatoms. The second-order valence-electron chi connectivity index (χ2n) is 9.53. The molecule has 1 amide bonds. The summed E-state index contributed by atoms with van der Waals surface area (Å²) < 4.78 is 36.1. The maximum absolute atomic E-state index is 13.0. The van der Waals surface area contributed by atoms with Gasteiger partial charge in [0.1, 0.15) is 10.6 Å². The van der Waals surface area contributed by atoms with E-state index in [1.54, 1.807) is 6.92 Å². The van der Waals surface area contributed by atoms with Crippen molar-refractivity contribution in [2.75, 3.05) is 0 Å². The minimum Gasteiger partial charge on any atom is -0.438 e. The summed E-state index contributed by atoms with van der Waals surface area (Å²) >= 11 is 0. The summed E-state index contributed by atoms with van der Waals surface area (Å²) in [5.41, 5.74) is -0.403. The molecule has 1 atom stereocenters. The smallest absolute Gasteiger partial charge is 0.272 e. The Bertz CT molecular complexity index is 1210. The van der Waals surface area contributed by atoms with Gasteiger partial charge in [-0.3, -0.25) is 14.9 Å². The van der Waals surface area contributed by atoms with Crippen molar-refractivity contribution >= 4 is 21.6 Å². The second kappa shape index (κ2) is 9.34. The molecule has 0 radical (unpaired) electrons. The van der Waals surface area contributed by atoms with Gasteiger partial charge in [-0.15, -0.1) is 0 Å². The Balaban J connectivity index is 2.11. The largest absolute Gasteiger partial charge is 0.438 e. The van der Waals surface area contributed by atoms with Crippen molar-refractivity contribution in [3.05, 3.63) is 39.6 Å². The number of benzene rings is 1. The van der Waals surface area contributed by atoms with Gasteiger partial charge < -0.3 is 10.1 Å². The number of carbonyl (C=O) groups is 1. The van der Waals surface area contributed by atoms with Crippen molar-refractivity contribution in [2.45, 2.75) is 83.3 Å². The summed E-state index contributed by atoms with van der Waals surface area (Å²) in [5.74, 6) is -0.286. The van der Waals surface area contributed by atoms with Crippen LogP contribution in [0.3, 0.4) is 0 Å². The van der Waals surface area contributed by atoms with Crippen LogP contribution in [0.15, 0.2) is 23.1 Å². The number of ether oxygens (including phenoxy) is 1. The number of nitrogens with one attached hydrogen (secondary N) is 2. The van der Waals surface area contributed by atoms with Crippen molar-refractivity contribution < 1.29 is 22.9 Å². The van der Waals surface area contributed by atoms with Crippen molar-refractivity contribution in [1.29, 1.82) is 0 Å². The van der Waals surface area contributed by atoms with Crippen LogP contribution in [-0.2, 0) is 15.6 Å². The third kappa shape index (κ3) is 5.55. The van der Waals surface area contributed by atoms with E-state index in [0.29, 0.717) is 18.4 Å². The molecule has 2 N–H and O–H groups in total. The predicted octanol–water partition coefficient (Wildman–Crippen LogP) is 3.62. The van der Waals surface area contributed by atoms with Gasteiger partial charge in [0, 0.05) is 29.8 Å². The van der Waals surface area contributed by atoms with Crippen molar-refractivity contribution in [3.8, 4) is 11.6 Å². The zero-order chi connectivity index (χ0) is 25.4. The minimum absolute atomic E-state index is 0.0593. The van der Waals surface area contributed by atoms with Gasteiger partial charge in [0.05, 0.1) is 10.5 Å². The summed E-state index contributed by atoms with van der Waals surface area (Å²) in [6, 6.07) is 3.14. The molecule has 1 fully saturated rings. The van der Waals surface area contributed by atoms with Crippen LogP contribution in [0.1, 0.15) is 69.9 Å². The van der Waals surface area contributed by atoms with E-state index in [1.807, 2.05) is 34.6 Å². The van der Waals surface area contributed by atoms with E-state index in [1.165, 1.54) is 16.8 Å². The van der Waals surface area contributed by atoms with Crippen LogP contribution in [0.2, 0.25) is 0 Å². The number of non-ortho nitro benzene ring substituents is 1. The van der Waals surface area contributed by atoms with Gasteiger partial charge in [0.15, 0.2) is 5.69 Å². The van der Waals surface area contributed by atoms with Gasteiger partial charge in [0.2, 0.25) is 15.9 Å². The molecule has 186 valence electrons. The van der Waals surface area contributed by atoms with E-state index in [-0.39, 0.29) is 45.9 Å². The third-order valence-electron chi connectivity index (χ3n) is 5.44. The van der Waals surface area contributed by atoms with Crippen molar-refractivity contribution in [3.63, 3.8) is 0 Å². The number of sulfonamides is 1. The maximum Gasteiger partial charge on any atom is 0.272 e. The van der Waals surface area contributed by atoms with Crippen LogP contribution >= 0.6 is 0 Å². The summed E-state index contributed by atoms with van der Waals surface area (Å²) in [6.45, 7) is 11.1. The van der Waals surface area contributed by atoms with Gasteiger partial charge in [-0.05, 0) is 59.9 Å². The lowest BCUT2D eigenvalue weighted by molar-refractivity contribution is -0.385. The van der Waals surface area contributed by atoms with E-state index in [0.717, 1.165) is 12.5 Å². The molecule has 3 rings (SSSR count). The number of nitro groups is 1. The van der Waals surface area contributed by atoms with Crippen molar-refractivity contribution in [1.82, 2.24) is 19.8 Å². The number of rotatable bonds is 9. The first-order valence-corrected chi connectivity index (χ1v) is 12.6. The Hall–Kier alpha value is -2.99. The Morgan fingerprint density at radius 3 is 2.53 bits per heavy atom. The average molecular weight is 494 g/mol. The lowest BCUT2D eigenvalue weighted by atomic mass is 10.1. The molecule has 34 heavy (non-hydrogen) atoms. The van der Waals surface area contributed by atoms with Crippen LogP contribution in [-0.4, -0.2) is 41.1 Å². The number of hydrogen-bond acceptors (Lipinski definition) is 7. The fraction of sp³-hybridized carbons (Fsp3) is 0.545. The maximum atomic E-state index is 13.0. The fourth-order valence-electron chi connectivity index (χ4n) is 3.16. The zero-order valence-corrected chi connectivity index (χ0v) is 21.0. The highest BCUT2D eigenvalue weighted by molar-refractivity contribution is 7.89. The highest BCUT2D eigenvalue weighted by Gasteiger charge is 2.33. The lowest BCUT2D eigenvalue weighted by Crippen LogP contribution is -2.33. The fourth-order valence-corrected chi connectivity index (χ4v) is 4.61. The standard InChI is InChI=1S/C22H31N5O6S/c1-7-13(2)23-20(28)19-14(3)21(26(24-19)22(4,5)6)33-17-11-10-16(27(29)30)12-18(17)34(31,32)25-15-8-9-15/h10-13,15,25H,7-9H2,1-6H3,(H,23,28)/t13-/m1/s1. The Morgan fingerprint density at radius 1 is 1.35 bits per heavy atom. The number of hydrogen-bond donors (Lipinski definition) is 2. The van der Waals surface area contributed by atoms with Crippen LogP contribution in [0.25, 0.3) is 0 Å². The molecule has 0 saturated heterocycles. The molecule has 0 unspecified atom stereocenters. The molecule has 1 heterocycles. The summed E-state index contributed by atoms with van der Waals surface area (Å²) in [7, 11) is -4.08. The number of nitrogens with zero attached hydrogens (tertiary/aromatic N) is 3. The van der Waals surface area contributed by atoms with Gasteiger partial charge in [-0.25, -0.2) is 17.8 Å². The summed E-state index contributed by atoms with van der Waals surface area (Å²) in [4.78, 5) is 23.1. The SMILES string of the molecule is CC[C@@H](C)NC(=O)c1nn(C(C)(C)C)c(Oc2ccc([N+](=O)[O-])cc2S(=O)(=O)NC2CC2)c1C. The third-order valence-corrected chi connectivity index (χ3v) is 6.98. The normalized spacial score (nSPS) is 15.1. The number of amides is 1.